The Kier molecular flexibility index (Phi) is 5.09. The van der Waals surface area contributed by atoms with Crippen LogP contribution >= 0.6 is 23.2 Å². The zero-order valence-electron chi connectivity index (χ0n) is 12.7. The minimum Gasteiger partial charge on any atom is -0.370 e. The van der Waals surface area contributed by atoms with E-state index < -0.39 is 0 Å². The predicted octanol–water partition coefficient (Wildman–Crippen LogP) is 5.24. The Labute approximate surface area is 146 Å². The molecule has 2 aromatic carbocycles. The average molecular weight is 349 g/mol. The van der Waals surface area contributed by atoms with Crippen LogP contribution in [-0.4, -0.2) is 19.0 Å². The number of rotatable bonds is 3. The van der Waals surface area contributed by atoms with E-state index in [2.05, 4.69) is 10.2 Å². The van der Waals surface area contributed by atoms with Gasteiger partial charge in [-0.15, -0.1) is 0 Å². The van der Waals surface area contributed by atoms with Crippen LogP contribution in [0.5, 0.6) is 0 Å². The Hall–Kier alpha value is -1.71. The van der Waals surface area contributed by atoms with Crippen LogP contribution in [0.15, 0.2) is 42.5 Å². The van der Waals surface area contributed by atoms with Crippen LogP contribution < -0.4 is 10.2 Å². The van der Waals surface area contributed by atoms with Crippen LogP contribution in [0.4, 0.5) is 11.4 Å². The highest BCUT2D eigenvalue weighted by Gasteiger charge is 2.15. The van der Waals surface area contributed by atoms with E-state index in [-0.39, 0.29) is 5.91 Å². The minimum absolute atomic E-state index is 0.239. The summed E-state index contributed by atoms with van der Waals surface area (Å²) >= 11 is 12.5. The van der Waals surface area contributed by atoms with Crippen molar-refractivity contribution in [3.63, 3.8) is 0 Å². The Morgan fingerprint density at radius 1 is 0.957 bits per heavy atom. The molecule has 0 radical (unpaired) electrons. The van der Waals surface area contributed by atoms with E-state index >= 15 is 0 Å². The summed E-state index contributed by atoms with van der Waals surface area (Å²) in [6, 6.07) is 12.6. The Balaban J connectivity index is 1.75. The van der Waals surface area contributed by atoms with Gasteiger partial charge in [0.15, 0.2) is 0 Å². The summed E-state index contributed by atoms with van der Waals surface area (Å²) in [7, 11) is 0. The van der Waals surface area contributed by atoms with Gasteiger partial charge in [0.25, 0.3) is 5.91 Å². The molecule has 23 heavy (non-hydrogen) atoms. The van der Waals surface area contributed by atoms with E-state index in [4.69, 9.17) is 23.2 Å². The van der Waals surface area contributed by atoms with Gasteiger partial charge in [-0.05, 0) is 49.6 Å². The molecular weight excluding hydrogens is 331 g/mol. The van der Waals surface area contributed by atoms with Crippen molar-refractivity contribution >= 4 is 40.5 Å². The molecule has 0 aliphatic carbocycles. The number of hydrogen-bond acceptors (Lipinski definition) is 2. The van der Waals surface area contributed by atoms with Crippen molar-refractivity contribution in [2.75, 3.05) is 23.3 Å². The maximum atomic E-state index is 12.3. The van der Waals surface area contributed by atoms with Gasteiger partial charge in [0.05, 0.1) is 21.3 Å². The fourth-order valence-electron chi connectivity index (χ4n) is 2.82. The first-order valence-electron chi connectivity index (χ1n) is 7.75. The highest BCUT2D eigenvalue weighted by atomic mass is 35.5. The Bertz CT molecular complexity index is 712. The summed E-state index contributed by atoms with van der Waals surface area (Å²) in [4.78, 5) is 14.6. The van der Waals surface area contributed by atoms with Gasteiger partial charge in [0.1, 0.15) is 0 Å². The Morgan fingerprint density at radius 2 is 1.70 bits per heavy atom. The van der Waals surface area contributed by atoms with Gasteiger partial charge in [-0.3, -0.25) is 4.79 Å². The molecule has 3 rings (SSSR count). The second kappa shape index (κ2) is 7.24. The SMILES string of the molecule is O=C(Nc1ccc(N2CCCCC2)c(Cl)c1)c1ccccc1Cl. The molecule has 1 amide bonds. The van der Waals surface area contributed by atoms with Crippen LogP contribution in [0.25, 0.3) is 0 Å². The summed E-state index contributed by atoms with van der Waals surface area (Å²) in [5, 5.41) is 3.93. The summed E-state index contributed by atoms with van der Waals surface area (Å²) in [6.45, 7) is 2.07. The summed E-state index contributed by atoms with van der Waals surface area (Å²) in [5.41, 5.74) is 2.15. The van der Waals surface area contributed by atoms with Crippen molar-refractivity contribution in [1.29, 1.82) is 0 Å². The van der Waals surface area contributed by atoms with E-state index in [0.29, 0.717) is 21.3 Å². The number of piperidine rings is 1. The molecule has 1 aliphatic rings. The molecule has 0 unspecified atom stereocenters. The lowest BCUT2D eigenvalue weighted by Crippen LogP contribution is -2.29. The normalized spacial score (nSPS) is 14.6. The predicted molar refractivity (Wildman–Crippen MR) is 96.9 cm³/mol. The number of nitrogens with one attached hydrogen (secondary N) is 1. The lowest BCUT2D eigenvalue weighted by Gasteiger charge is -2.29. The molecule has 1 heterocycles. The van der Waals surface area contributed by atoms with Crippen molar-refractivity contribution in [1.82, 2.24) is 0 Å². The van der Waals surface area contributed by atoms with Gasteiger partial charge in [-0.25, -0.2) is 0 Å². The molecule has 0 atom stereocenters. The van der Waals surface area contributed by atoms with E-state index in [1.54, 1.807) is 30.3 Å². The fourth-order valence-corrected chi connectivity index (χ4v) is 3.34. The number of amides is 1. The monoisotopic (exact) mass is 348 g/mol. The maximum Gasteiger partial charge on any atom is 0.257 e. The van der Waals surface area contributed by atoms with Gasteiger partial charge in [-0.2, -0.15) is 0 Å². The third kappa shape index (κ3) is 3.80. The molecule has 5 heteroatoms. The van der Waals surface area contributed by atoms with Gasteiger partial charge in [0, 0.05) is 18.8 Å². The number of hydrogen-bond donors (Lipinski definition) is 1. The third-order valence-electron chi connectivity index (χ3n) is 4.02. The van der Waals surface area contributed by atoms with Crippen molar-refractivity contribution in [3.05, 3.63) is 58.1 Å². The highest BCUT2D eigenvalue weighted by molar-refractivity contribution is 6.35. The molecule has 2 aromatic rings. The quantitative estimate of drug-likeness (QED) is 0.822. The number of halogens is 2. The molecule has 0 spiro atoms. The van der Waals surface area contributed by atoms with Crippen LogP contribution in [0, 0.1) is 0 Å². The van der Waals surface area contributed by atoms with Gasteiger partial charge < -0.3 is 10.2 Å². The molecule has 1 saturated heterocycles. The number of benzene rings is 2. The van der Waals surface area contributed by atoms with E-state index in [1.165, 1.54) is 19.3 Å². The van der Waals surface area contributed by atoms with Gasteiger partial charge in [-0.1, -0.05) is 35.3 Å². The highest BCUT2D eigenvalue weighted by Crippen LogP contribution is 2.31. The number of anilines is 2. The summed E-state index contributed by atoms with van der Waals surface area (Å²) in [6.07, 6.45) is 3.67. The molecule has 3 nitrogen and oxygen atoms in total. The van der Waals surface area contributed by atoms with Crippen molar-refractivity contribution in [2.45, 2.75) is 19.3 Å². The van der Waals surface area contributed by atoms with Crippen molar-refractivity contribution in [3.8, 4) is 0 Å². The molecule has 1 N–H and O–H groups in total. The van der Waals surface area contributed by atoms with Crippen LogP contribution in [0.2, 0.25) is 10.0 Å². The largest absolute Gasteiger partial charge is 0.370 e. The van der Waals surface area contributed by atoms with Crippen LogP contribution in [-0.2, 0) is 0 Å². The lowest BCUT2D eigenvalue weighted by atomic mass is 10.1. The number of nitrogens with zero attached hydrogens (tertiary/aromatic N) is 1. The zero-order valence-corrected chi connectivity index (χ0v) is 14.2. The first kappa shape index (κ1) is 16.2. The molecule has 120 valence electrons. The molecule has 0 aromatic heterocycles. The van der Waals surface area contributed by atoms with Gasteiger partial charge in [0.2, 0.25) is 0 Å². The van der Waals surface area contributed by atoms with Crippen molar-refractivity contribution in [2.24, 2.45) is 0 Å². The molecule has 0 bridgehead atoms. The molecule has 1 fully saturated rings. The molecule has 0 saturated carbocycles. The zero-order chi connectivity index (χ0) is 16.2. The number of carbonyl (C=O) groups is 1. The third-order valence-corrected chi connectivity index (χ3v) is 4.65. The first-order chi connectivity index (χ1) is 11.1. The topological polar surface area (TPSA) is 32.3 Å². The van der Waals surface area contributed by atoms with E-state index in [1.807, 2.05) is 12.1 Å². The van der Waals surface area contributed by atoms with Gasteiger partial charge >= 0.3 is 0 Å². The second-order valence-corrected chi connectivity index (χ2v) is 6.46. The average Bonchev–Trinajstić information content (AvgIpc) is 2.56. The van der Waals surface area contributed by atoms with Crippen LogP contribution in [0.3, 0.4) is 0 Å². The number of carbonyl (C=O) groups excluding carboxylic acids is 1. The second-order valence-electron chi connectivity index (χ2n) is 5.65. The smallest absolute Gasteiger partial charge is 0.257 e. The fraction of sp³-hybridized carbons (Fsp3) is 0.278. The standard InChI is InChI=1S/C18H18Cl2N2O/c19-15-7-3-2-6-14(15)18(23)21-13-8-9-17(16(20)12-13)22-10-4-1-5-11-22/h2-3,6-9,12H,1,4-5,10-11H2,(H,21,23). The first-order valence-corrected chi connectivity index (χ1v) is 8.51. The van der Waals surface area contributed by atoms with Crippen molar-refractivity contribution < 1.29 is 4.79 Å². The molecular formula is C18H18Cl2N2O. The summed E-state index contributed by atoms with van der Waals surface area (Å²) < 4.78 is 0. The lowest BCUT2D eigenvalue weighted by molar-refractivity contribution is 0.102. The maximum absolute atomic E-state index is 12.3. The van der Waals surface area contributed by atoms with E-state index in [0.717, 1.165) is 18.8 Å². The Morgan fingerprint density at radius 3 is 2.39 bits per heavy atom. The molecule has 1 aliphatic heterocycles. The van der Waals surface area contributed by atoms with Crippen LogP contribution in [0.1, 0.15) is 29.6 Å². The minimum atomic E-state index is -0.239. The summed E-state index contributed by atoms with van der Waals surface area (Å²) in [5.74, 6) is -0.239. The van der Waals surface area contributed by atoms with E-state index in [9.17, 15) is 4.79 Å².